The number of nitrogens with two attached hydrogens (primary N) is 1. The number of benzene rings is 2. The van der Waals surface area contributed by atoms with Crippen molar-refractivity contribution in [2.24, 2.45) is 11.7 Å². The number of carbonyl (C=O) groups excluding carboxylic acids is 1. The van der Waals surface area contributed by atoms with Crippen LogP contribution in [0.1, 0.15) is 17.0 Å². The summed E-state index contributed by atoms with van der Waals surface area (Å²) in [4.78, 5) is 14.4. The fourth-order valence-corrected chi connectivity index (χ4v) is 3.66. The van der Waals surface area contributed by atoms with Gasteiger partial charge in [0.1, 0.15) is 5.82 Å². The van der Waals surface area contributed by atoms with Crippen LogP contribution >= 0.6 is 0 Å². The summed E-state index contributed by atoms with van der Waals surface area (Å²) in [6.07, 6.45) is 0.698. The van der Waals surface area contributed by atoms with Crippen LogP contribution in [0.15, 0.2) is 54.6 Å². The molecule has 2 aromatic carbocycles. The van der Waals surface area contributed by atoms with E-state index in [2.05, 4.69) is 22.3 Å². The first-order valence-corrected chi connectivity index (χ1v) is 9.14. The average Bonchev–Trinajstić information content (AvgIpc) is 3.07. The van der Waals surface area contributed by atoms with Crippen molar-refractivity contribution in [2.45, 2.75) is 12.3 Å². The predicted molar refractivity (Wildman–Crippen MR) is 101 cm³/mol. The van der Waals surface area contributed by atoms with Gasteiger partial charge in [0, 0.05) is 25.6 Å². The molecule has 0 saturated carbocycles. The van der Waals surface area contributed by atoms with Gasteiger partial charge in [0.25, 0.3) is 0 Å². The van der Waals surface area contributed by atoms with E-state index in [0.29, 0.717) is 37.9 Å². The molecular weight excluding hydrogens is 329 g/mol. The monoisotopic (exact) mass is 355 g/mol. The van der Waals surface area contributed by atoms with Gasteiger partial charge in [-0.1, -0.05) is 42.5 Å². The van der Waals surface area contributed by atoms with Crippen molar-refractivity contribution in [3.8, 4) is 0 Å². The van der Waals surface area contributed by atoms with Crippen molar-refractivity contribution >= 4 is 5.91 Å². The van der Waals surface area contributed by atoms with Gasteiger partial charge in [-0.3, -0.25) is 9.69 Å². The molecule has 3 rings (SSSR count). The highest BCUT2D eigenvalue weighted by molar-refractivity contribution is 5.78. The molecule has 1 amide bonds. The van der Waals surface area contributed by atoms with Gasteiger partial charge in [-0.05, 0) is 42.1 Å². The van der Waals surface area contributed by atoms with E-state index < -0.39 is 0 Å². The Balaban J connectivity index is 1.46. The third-order valence-corrected chi connectivity index (χ3v) is 5.06. The van der Waals surface area contributed by atoms with Gasteiger partial charge in [0.05, 0.1) is 6.54 Å². The van der Waals surface area contributed by atoms with Crippen LogP contribution in [-0.4, -0.2) is 43.5 Å². The minimum absolute atomic E-state index is 0.0246. The number of hydrogen-bond acceptors (Lipinski definition) is 3. The lowest BCUT2D eigenvalue weighted by Gasteiger charge is -2.16. The fraction of sp³-hybridized carbons (Fsp3) is 0.381. The molecule has 0 spiro atoms. The molecule has 1 aliphatic heterocycles. The summed E-state index contributed by atoms with van der Waals surface area (Å²) in [6, 6.07) is 16.8. The van der Waals surface area contributed by atoms with Crippen LogP contribution in [0.25, 0.3) is 0 Å². The van der Waals surface area contributed by atoms with Gasteiger partial charge in [0.2, 0.25) is 5.91 Å². The van der Waals surface area contributed by atoms with Crippen LogP contribution in [0, 0.1) is 11.7 Å². The van der Waals surface area contributed by atoms with Crippen LogP contribution in [0.2, 0.25) is 0 Å². The van der Waals surface area contributed by atoms with Gasteiger partial charge in [-0.2, -0.15) is 0 Å². The molecule has 2 atom stereocenters. The van der Waals surface area contributed by atoms with Gasteiger partial charge in [0.15, 0.2) is 0 Å². The Morgan fingerprint density at radius 3 is 2.54 bits per heavy atom. The first kappa shape index (κ1) is 18.5. The lowest BCUT2D eigenvalue weighted by atomic mass is 9.89. The molecule has 1 saturated heterocycles. The first-order chi connectivity index (χ1) is 12.7. The highest BCUT2D eigenvalue weighted by Gasteiger charge is 2.33. The van der Waals surface area contributed by atoms with E-state index in [1.54, 1.807) is 12.1 Å². The number of nitrogens with zero attached hydrogens (tertiary/aromatic N) is 1. The van der Waals surface area contributed by atoms with E-state index in [-0.39, 0.29) is 11.7 Å². The minimum atomic E-state index is -0.241. The van der Waals surface area contributed by atoms with Gasteiger partial charge >= 0.3 is 0 Å². The standard InChI is InChI=1S/C21H26FN3O/c22-19-8-6-16(7-9-19)10-11-24-21(26)15-25-13-18(12-23)20(14-25)17-4-2-1-3-5-17/h1-9,18,20H,10-15,23H2,(H,24,26)/t18-,20+/m1/s1. The highest BCUT2D eigenvalue weighted by atomic mass is 19.1. The number of halogens is 1. The number of amides is 1. The van der Waals surface area contributed by atoms with Crippen molar-refractivity contribution in [1.29, 1.82) is 0 Å². The summed E-state index contributed by atoms with van der Waals surface area (Å²) in [6.45, 7) is 3.28. The van der Waals surface area contributed by atoms with Gasteiger partial charge < -0.3 is 11.1 Å². The summed E-state index contributed by atoms with van der Waals surface area (Å²) in [5.41, 5.74) is 8.26. The summed E-state index contributed by atoms with van der Waals surface area (Å²) < 4.78 is 12.9. The van der Waals surface area contributed by atoms with Gasteiger partial charge in [-0.25, -0.2) is 4.39 Å². The molecule has 1 fully saturated rings. The van der Waals surface area contributed by atoms with Crippen LogP contribution in [0.4, 0.5) is 4.39 Å². The van der Waals surface area contributed by atoms with E-state index in [0.717, 1.165) is 18.7 Å². The lowest BCUT2D eigenvalue weighted by Crippen LogP contribution is -2.37. The highest BCUT2D eigenvalue weighted by Crippen LogP contribution is 2.31. The Morgan fingerprint density at radius 1 is 1.12 bits per heavy atom. The van der Waals surface area contributed by atoms with Crippen molar-refractivity contribution < 1.29 is 9.18 Å². The predicted octanol–water partition coefficient (Wildman–Crippen LogP) is 2.16. The normalized spacial score (nSPS) is 20.2. The minimum Gasteiger partial charge on any atom is -0.355 e. The number of nitrogens with one attached hydrogen (secondary N) is 1. The van der Waals surface area contributed by atoms with E-state index in [1.165, 1.54) is 17.7 Å². The molecular formula is C21H26FN3O. The van der Waals surface area contributed by atoms with E-state index in [4.69, 9.17) is 5.73 Å². The summed E-state index contributed by atoms with van der Waals surface area (Å²) in [5.74, 6) is 0.545. The second kappa shape index (κ2) is 8.92. The molecule has 2 aromatic rings. The summed E-state index contributed by atoms with van der Waals surface area (Å²) in [7, 11) is 0. The third kappa shape index (κ3) is 4.90. The molecule has 0 aliphatic carbocycles. The molecule has 0 aromatic heterocycles. The largest absolute Gasteiger partial charge is 0.355 e. The molecule has 0 bridgehead atoms. The Morgan fingerprint density at radius 2 is 1.85 bits per heavy atom. The Labute approximate surface area is 154 Å². The van der Waals surface area contributed by atoms with Crippen LogP contribution in [0.3, 0.4) is 0 Å². The summed E-state index contributed by atoms with van der Waals surface area (Å²) in [5, 5.41) is 2.95. The number of likely N-dealkylation sites (tertiary alicyclic amines) is 1. The topological polar surface area (TPSA) is 58.4 Å². The van der Waals surface area contributed by atoms with Gasteiger partial charge in [-0.15, -0.1) is 0 Å². The van der Waals surface area contributed by atoms with E-state index >= 15 is 0 Å². The van der Waals surface area contributed by atoms with E-state index in [9.17, 15) is 9.18 Å². The first-order valence-electron chi connectivity index (χ1n) is 9.14. The zero-order valence-corrected chi connectivity index (χ0v) is 14.9. The van der Waals surface area contributed by atoms with Crippen molar-refractivity contribution in [2.75, 3.05) is 32.7 Å². The Bertz CT molecular complexity index is 705. The molecule has 0 radical (unpaired) electrons. The number of rotatable bonds is 7. The molecule has 138 valence electrons. The molecule has 26 heavy (non-hydrogen) atoms. The molecule has 4 nitrogen and oxygen atoms in total. The molecule has 5 heteroatoms. The van der Waals surface area contributed by atoms with Crippen molar-refractivity contribution in [3.05, 3.63) is 71.5 Å². The van der Waals surface area contributed by atoms with Crippen molar-refractivity contribution in [3.63, 3.8) is 0 Å². The maximum Gasteiger partial charge on any atom is 0.234 e. The number of hydrogen-bond donors (Lipinski definition) is 2. The molecule has 3 N–H and O–H groups in total. The van der Waals surface area contributed by atoms with Crippen LogP contribution < -0.4 is 11.1 Å². The quantitative estimate of drug-likeness (QED) is 0.800. The molecule has 0 unspecified atom stereocenters. The maximum absolute atomic E-state index is 12.9. The maximum atomic E-state index is 12.9. The van der Waals surface area contributed by atoms with Crippen LogP contribution in [-0.2, 0) is 11.2 Å². The van der Waals surface area contributed by atoms with Crippen molar-refractivity contribution in [1.82, 2.24) is 10.2 Å². The third-order valence-electron chi connectivity index (χ3n) is 5.06. The van der Waals surface area contributed by atoms with Crippen LogP contribution in [0.5, 0.6) is 0 Å². The fourth-order valence-electron chi connectivity index (χ4n) is 3.66. The Kier molecular flexibility index (Phi) is 6.36. The second-order valence-electron chi connectivity index (χ2n) is 6.93. The zero-order chi connectivity index (χ0) is 18.4. The lowest BCUT2D eigenvalue weighted by molar-refractivity contribution is -0.122. The number of carbonyl (C=O) groups is 1. The summed E-state index contributed by atoms with van der Waals surface area (Å²) >= 11 is 0. The Hall–Kier alpha value is -2.24. The smallest absolute Gasteiger partial charge is 0.234 e. The second-order valence-corrected chi connectivity index (χ2v) is 6.93. The SMILES string of the molecule is NC[C@@H]1CN(CC(=O)NCCc2ccc(F)cc2)C[C@H]1c1ccccc1. The van der Waals surface area contributed by atoms with E-state index in [1.807, 2.05) is 18.2 Å². The molecule has 1 aliphatic rings. The molecule has 1 heterocycles. The zero-order valence-electron chi connectivity index (χ0n) is 14.9. The average molecular weight is 355 g/mol.